The van der Waals surface area contributed by atoms with Crippen molar-refractivity contribution in [2.24, 2.45) is 5.92 Å². The Balaban J connectivity index is 1.60. The summed E-state index contributed by atoms with van der Waals surface area (Å²) in [5.74, 6) is -0.566. The van der Waals surface area contributed by atoms with Gasteiger partial charge in [0.1, 0.15) is 12.0 Å². The van der Waals surface area contributed by atoms with Crippen molar-refractivity contribution in [3.05, 3.63) is 53.6 Å². The van der Waals surface area contributed by atoms with Crippen LogP contribution in [0.1, 0.15) is 41.3 Å². The van der Waals surface area contributed by atoms with E-state index < -0.39 is 12.1 Å². The van der Waals surface area contributed by atoms with Crippen LogP contribution in [0.2, 0.25) is 0 Å². The van der Waals surface area contributed by atoms with E-state index in [1.165, 1.54) is 43.4 Å². The van der Waals surface area contributed by atoms with Crippen molar-refractivity contribution in [3.8, 4) is 0 Å². The number of anilines is 2. The molecule has 1 saturated carbocycles. The average Bonchev–Trinajstić information content (AvgIpc) is 3.37. The molecular formula is C18H19FN4O2. The van der Waals surface area contributed by atoms with E-state index in [-0.39, 0.29) is 11.4 Å². The lowest BCUT2D eigenvalue weighted by Crippen LogP contribution is -2.38. The predicted octanol–water partition coefficient (Wildman–Crippen LogP) is 3.15. The summed E-state index contributed by atoms with van der Waals surface area (Å²) in [4.78, 5) is 15.4. The second-order valence-electron chi connectivity index (χ2n) is 6.52. The third-order valence-corrected chi connectivity index (χ3v) is 4.69. The Morgan fingerprint density at radius 1 is 1.40 bits per heavy atom. The smallest absolute Gasteiger partial charge is 0.337 e. The first-order valence-electron chi connectivity index (χ1n) is 8.39. The Kier molecular flexibility index (Phi) is 4.01. The number of hydrazine groups is 1. The number of aromatic nitrogens is 1. The summed E-state index contributed by atoms with van der Waals surface area (Å²) < 4.78 is 13.8. The number of pyridine rings is 1. The van der Waals surface area contributed by atoms with E-state index in [2.05, 4.69) is 15.7 Å². The summed E-state index contributed by atoms with van der Waals surface area (Å²) in [5, 5.41) is 14.5. The van der Waals surface area contributed by atoms with Gasteiger partial charge in [-0.3, -0.25) is 4.98 Å². The molecule has 2 aromatic rings. The zero-order valence-corrected chi connectivity index (χ0v) is 13.6. The van der Waals surface area contributed by atoms with E-state index in [0.29, 0.717) is 5.69 Å². The Bertz CT molecular complexity index is 809. The van der Waals surface area contributed by atoms with Crippen LogP contribution in [-0.4, -0.2) is 22.6 Å². The van der Waals surface area contributed by atoms with Gasteiger partial charge in [-0.1, -0.05) is 12.8 Å². The topological polar surface area (TPSA) is 77.5 Å². The largest absolute Gasteiger partial charge is 0.478 e. The fourth-order valence-corrected chi connectivity index (χ4v) is 3.16. The van der Waals surface area contributed by atoms with E-state index in [1.807, 2.05) is 5.01 Å². The fourth-order valence-electron chi connectivity index (χ4n) is 3.16. The van der Waals surface area contributed by atoms with E-state index in [9.17, 15) is 14.3 Å². The summed E-state index contributed by atoms with van der Waals surface area (Å²) in [5.41, 5.74) is 5.52. The molecule has 7 heteroatoms. The molecule has 1 unspecified atom stereocenters. The van der Waals surface area contributed by atoms with Crippen LogP contribution in [0.25, 0.3) is 0 Å². The lowest BCUT2D eigenvalue weighted by atomic mass is 10.1. The number of hydrogen-bond acceptors (Lipinski definition) is 5. The molecule has 0 spiro atoms. The SMILES string of the molecule is O=C(O)c1ccncc1NC1NN(CCC2CC2)c2ccc(F)cc21. The van der Waals surface area contributed by atoms with Gasteiger partial charge in [-0.15, -0.1) is 0 Å². The molecule has 1 aliphatic heterocycles. The van der Waals surface area contributed by atoms with Crippen molar-refractivity contribution in [1.29, 1.82) is 0 Å². The average molecular weight is 342 g/mol. The van der Waals surface area contributed by atoms with Crippen molar-refractivity contribution in [2.45, 2.75) is 25.4 Å². The summed E-state index contributed by atoms with van der Waals surface area (Å²) in [7, 11) is 0. The van der Waals surface area contributed by atoms with Crippen LogP contribution < -0.4 is 15.8 Å². The molecule has 0 saturated heterocycles. The number of hydrogen-bond donors (Lipinski definition) is 3. The highest BCUT2D eigenvalue weighted by Crippen LogP contribution is 2.37. The monoisotopic (exact) mass is 342 g/mol. The van der Waals surface area contributed by atoms with Crippen LogP contribution in [-0.2, 0) is 0 Å². The van der Waals surface area contributed by atoms with Gasteiger partial charge in [0.25, 0.3) is 0 Å². The predicted molar refractivity (Wildman–Crippen MR) is 91.8 cm³/mol. The highest BCUT2D eigenvalue weighted by molar-refractivity contribution is 5.94. The zero-order valence-electron chi connectivity index (χ0n) is 13.6. The van der Waals surface area contributed by atoms with Crippen LogP contribution in [0.15, 0.2) is 36.7 Å². The van der Waals surface area contributed by atoms with Gasteiger partial charge in [0.2, 0.25) is 0 Å². The summed E-state index contributed by atoms with van der Waals surface area (Å²) in [6, 6.07) is 6.12. The number of nitrogens with one attached hydrogen (secondary N) is 2. The maximum absolute atomic E-state index is 13.8. The van der Waals surface area contributed by atoms with Gasteiger partial charge in [-0.25, -0.2) is 14.6 Å². The number of rotatable bonds is 6. The van der Waals surface area contributed by atoms with Crippen molar-refractivity contribution in [2.75, 3.05) is 16.9 Å². The number of aromatic carboxylic acids is 1. The highest BCUT2D eigenvalue weighted by Gasteiger charge is 2.31. The van der Waals surface area contributed by atoms with Gasteiger partial charge in [0, 0.05) is 18.3 Å². The van der Waals surface area contributed by atoms with E-state index >= 15 is 0 Å². The third kappa shape index (κ3) is 3.28. The van der Waals surface area contributed by atoms with E-state index in [4.69, 9.17) is 0 Å². The first-order valence-corrected chi connectivity index (χ1v) is 8.39. The summed E-state index contributed by atoms with van der Waals surface area (Å²) in [6.45, 7) is 0.834. The van der Waals surface area contributed by atoms with E-state index in [1.54, 1.807) is 6.07 Å². The molecular weight excluding hydrogens is 323 g/mol. The lowest BCUT2D eigenvalue weighted by molar-refractivity contribution is 0.0697. The molecule has 1 aromatic heterocycles. The van der Waals surface area contributed by atoms with Crippen LogP contribution >= 0.6 is 0 Å². The maximum atomic E-state index is 13.8. The molecule has 0 amide bonds. The second-order valence-corrected chi connectivity index (χ2v) is 6.52. The number of carbonyl (C=O) groups is 1. The second kappa shape index (κ2) is 6.33. The van der Waals surface area contributed by atoms with Crippen molar-refractivity contribution >= 4 is 17.3 Å². The Labute approximate surface area is 144 Å². The quantitative estimate of drug-likeness (QED) is 0.749. The maximum Gasteiger partial charge on any atom is 0.337 e. The molecule has 1 fully saturated rings. The molecule has 0 radical (unpaired) electrons. The third-order valence-electron chi connectivity index (χ3n) is 4.69. The first kappa shape index (κ1) is 15.8. The lowest BCUT2D eigenvalue weighted by Gasteiger charge is -2.22. The van der Waals surface area contributed by atoms with Gasteiger partial charge in [-0.2, -0.15) is 0 Å². The molecule has 25 heavy (non-hydrogen) atoms. The number of benzene rings is 1. The molecule has 130 valence electrons. The van der Waals surface area contributed by atoms with Crippen molar-refractivity contribution < 1.29 is 14.3 Å². The van der Waals surface area contributed by atoms with Crippen LogP contribution in [0.4, 0.5) is 15.8 Å². The molecule has 1 aliphatic carbocycles. The van der Waals surface area contributed by atoms with Crippen LogP contribution in [0.3, 0.4) is 0 Å². The minimum atomic E-state index is -1.03. The van der Waals surface area contributed by atoms with Crippen molar-refractivity contribution in [1.82, 2.24) is 10.4 Å². The van der Waals surface area contributed by atoms with Crippen LogP contribution in [0.5, 0.6) is 0 Å². The Morgan fingerprint density at radius 2 is 2.24 bits per heavy atom. The van der Waals surface area contributed by atoms with E-state index in [0.717, 1.165) is 30.1 Å². The fraction of sp³-hybridized carbons (Fsp3) is 0.333. The molecule has 1 atom stereocenters. The standard InChI is InChI=1S/C18H19FN4O2/c19-12-3-4-16-14(9-12)17(22-23(16)8-6-11-1-2-11)21-15-10-20-7-5-13(15)18(24)25/h3-5,7,9-11,17,21-22H,1-2,6,8H2,(H,24,25). The van der Waals surface area contributed by atoms with Gasteiger partial charge >= 0.3 is 5.97 Å². The molecule has 2 heterocycles. The molecule has 4 rings (SSSR count). The number of carboxylic acid groups (broad SMARTS) is 1. The van der Waals surface area contributed by atoms with Gasteiger partial charge in [-0.05, 0) is 36.6 Å². The molecule has 0 bridgehead atoms. The van der Waals surface area contributed by atoms with Gasteiger partial charge in [0.15, 0.2) is 0 Å². The Morgan fingerprint density at radius 3 is 3.00 bits per heavy atom. The van der Waals surface area contributed by atoms with Gasteiger partial charge in [0.05, 0.1) is 23.1 Å². The van der Waals surface area contributed by atoms with Crippen molar-refractivity contribution in [3.63, 3.8) is 0 Å². The molecule has 6 nitrogen and oxygen atoms in total. The normalized spacial score (nSPS) is 18.9. The first-order chi connectivity index (χ1) is 12.1. The number of nitrogens with zero attached hydrogens (tertiary/aromatic N) is 2. The Hall–Kier alpha value is -2.67. The number of fused-ring (bicyclic) bond motifs is 1. The summed E-state index contributed by atoms with van der Waals surface area (Å²) >= 11 is 0. The molecule has 1 aromatic carbocycles. The summed E-state index contributed by atoms with van der Waals surface area (Å²) in [6.07, 6.45) is 6.15. The zero-order chi connectivity index (χ0) is 17.4. The molecule has 3 N–H and O–H groups in total. The van der Waals surface area contributed by atoms with Gasteiger partial charge < -0.3 is 15.4 Å². The minimum Gasteiger partial charge on any atom is -0.478 e. The number of halogens is 1. The molecule has 2 aliphatic rings. The highest BCUT2D eigenvalue weighted by atomic mass is 19.1. The number of carboxylic acids is 1. The van der Waals surface area contributed by atoms with Crippen LogP contribution in [0, 0.1) is 11.7 Å². The minimum absolute atomic E-state index is 0.131.